The third kappa shape index (κ3) is 4.73. The van der Waals surface area contributed by atoms with E-state index < -0.39 is 5.79 Å². The highest BCUT2D eigenvalue weighted by Gasteiger charge is 2.23. The molecule has 0 rings (SSSR count). The van der Waals surface area contributed by atoms with Gasteiger partial charge in [0.2, 0.25) is 0 Å². The molecule has 0 aliphatic rings. The van der Waals surface area contributed by atoms with Gasteiger partial charge in [-0.1, -0.05) is 26.7 Å². The molecule has 2 heteroatoms. The van der Waals surface area contributed by atoms with E-state index in [9.17, 15) is 5.11 Å². The van der Waals surface area contributed by atoms with Gasteiger partial charge in [-0.05, 0) is 19.8 Å². The van der Waals surface area contributed by atoms with Crippen molar-refractivity contribution >= 4 is 0 Å². The summed E-state index contributed by atoms with van der Waals surface area (Å²) in [6.45, 7) is 6.63. The molecule has 0 saturated heterocycles. The van der Waals surface area contributed by atoms with Crippen molar-refractivity contribution in [3.8, 4) is 0 Å². The molecule has 0 aliphatic heterocycles. The first-order chi connectivity index (χ1) is 5.68. The van der Waals surface area contributed by atoms with Gasteiger partial charge in [-0.2, -0.15) is 0 Å². The zero-order chi connectivity index (χ0) is 9.45. The smallest absolute Gasteiger partial charge is 0.165 e. The number of aliphatic hydroxyl groups is 1. The predicted molar refractivity (Wildman–Crippen MR) is 51.0 cm³/mol. The van der Waals surface area contributed by atoms with Gasteiger partial charge in [0.05, 0.1) is 0 Å². The standard InChI is InChI=1S/C10H22O2/c1-4-7-8-9-10(11,5-2)12-6-3/h11H,4-9H2,1-3H3. The normalized spacial score (nSPS) is 16.0. The molecule has 0 saturated carbocycles. The lowest BCUT2D eigenvalue weighted by molar-refractivity contribution is -0.207. The van der Waals surface area contributed by atoms with Crippen LogP contribution in [0.3, 0.4) is 0 Å². The number of unbranched alkanes of at least 4 members (excludes halogenated alkanes) is 2. The molecule has 0 spiro atoms. The average Bonchev–Trinajstić information content (AvgIpc) is 2.06. The van der Waals surface area contributed by atoms with Gasteiger partial charge in [0.15, 0.2) is 5.79 Å². The maximum Gasteiger partial charge on any atom is 0.165 e. The highest BCUT2D eigenvalue weighted by Crippen LogP contribution is 2.20. The van der Waals surface area contributed by atoms with Crippen LogP contribution in [0.4, 0.5) is 0 Å². The van der Waals surface area contributed by atoms with Crippen molar-refractivity contribution < 1.29 is 9.84 Å². The molecule has 0 aromatic heterocycles. The van der Waals surface area contributed by atoms with E-state index >= 15 is 0 Å². The third-order valence-corrected chi connectivity index (χ3v) is 2.14. The molecule has 0 amide bonds. The van der Waals surface area contributed by atoms with E-state index in [0.29, 0.717) is 13.0 Å². The summed E-state index contributed by atoms with van der Waals surface area (Å²) >= 11 is 0. The zero-order valence-corrected chi connectivity index (χ0v) is 8.60. The molecule has 0 fully saturated rings. The van der Waals surface area contributed by atoms with Gasteiger partial charge < -0.3 is 9.84 Å². The van der Waals surface area contributed by atoms with E-state index in [-0.39, 0.29) is 0 Å². The lowest BCUT2D eigenvalue weighted by Gasteiger charge is -2.26. The van der Waals surface area contributed by atoms with Crippen LogP contribution in [-0.4, -0.2) is 17.5 Å². The van der Waals surface area contributed by atoms with Crippen molar-refractivity contribution in [2.75, 3.05) is 6.61 Å². The molecule has 74 valence electrons. The SMILES string of the molecule is CCCCCC(O)(CC)OCC. The lowest BCUT2D eigenvalue weighted by Crippen LogP contribution is -2.31. The Bertz CT molecular complexity index is 104. The number of hydrogen-bond acceptors (Lipinski definition) is 2. The van der Waals surface area contributed by atoms with Gasteiger partial charge in [-0.25, -0.2) is 0 Å². The number of hydrogen-bond donors (Lipinski definition) is 1. The average molecular weight is 174 g/mol. The van der Waals surface area contributed by atoms with Gasteiger partial charge in [-0.3, -0.25) is 0 Å². The molecule has 0 heterocycles. The summed E-state index contributed by atoms with van der Waals surface area (Å²) in [4.78, 5) is 0. The Morgan fingerprint density at radius 3 is 2.25 bits per heavy atom. The van der Waals surface area contributed by atoms with Crippen molar-refractivity contribution in [1.29, 1.82) is 0 Å². The van der Waals surface area contributed by atoms with Crippen LogP contribution in [0, 0.1) is 0 Å². The highest BCUT2D eigenvalue weighted by atomic mass is 16.6. The summed E-state index contributed by atoms with van der Waals surface area (Å²) in [5.41, 5.74) is 0. The van der Waals surface area contributed by atoms with Crippen molar-refractivity contribution in [1.82, 2.24) is 0 Å². The van der Waals surface area contributed by atoms with Crippen molar-refractivity contribution in [3.05, 3.63) is 0 Å². The minimum absolute atomic E-state index is 0.594. The van der Waals surface area contributed by atoms with E-state index in [4.69, 9.17) is 4.74 Å². The van der Waals surface area contributed by atoms with E-state index in [0.717, 1.165) is 12.8 Å². The van der Waals surface area contributed by atoms with Crippen LogP contribution in [0.1, 0.15) is 52.9 Å². The topological polar surface area (TPSA) is 29.5 Å². The second-order valence-corrected chi connectivity index (χ2v) is 3.19. The van der Waals surface area contributed by atoms with Crippen LogP contribution < -0.4 is 0 Å². The maximum atomic E-state index is 9.82. The van der Waals surface area contributed by atoms with Gasteiger partial charge in [0.25, 0.3) is 0 Å². The molecule has 12 heavy (non-hydrogen) atoms. The van der Waals surface area contributed by atoms with E-state index in [1.807, 2.05) is 13.8 Å². The molecular weight excluding hydrogens is 152 g/mol. The molecule has 0 radical (unpaired) electrons. The maximum absolute atomic E-state index is 9.82. The van der Waals surface area contributed by atoms with Crippen LogP contribution in [0.2, 0.25) is 0 Å². The Morgan fingerprint density at radius 1 is 1.17 bits per heavy atom. The van der Waals surface area contributed by atoms with Crippen molar-refractivity contribution in [3.63, 3.8) is 0 Å². The molecular formula is C10H22O2. The van der Waals surface area contributed by atoms with E-state index in [2.05, 4.69) is 6.92 Å². The lowest BCUT2D eigenvalue weighted by atomic mass is 10.1. The van der Waals surface area contributed by atoms with Crippen LogP contribution in [0.5, 0.6) is 0 Å². The van der Waals surface area contributed by atoms with Crippen LogP contribution in [-0.2, 0) is 4.74 Å². The molecule has 1 N–H and O–H groups in total. The monoisotopic (exact) mass is 174 g/mol. The Hall–Kier alpha value is -0.0800. The van der Waals surface area contributed by atoms with Crippen LogP contribution >= 0.6 is 0 Å². The summed E-state index contributed by atoms with van der Waals surface area (Å²) in [7, 11) is 0. The van der Waals surface area contributed by atoms with E-state index in [1.54, 1.807) is 0 Å². The van der Waals surface area contributed by atoms with Gasteiger partial charge in [0.1, 0.15) is 0 Å². The summed E-state index contributed by atoms with van der Waals surface area (Å²) in [5.74, 6) is -0.857. The first-order valence-corrected chi connectivity index (χ1v) is 5.04. The molecule has 1 atom stereocenters. The minimum Gasteiger partial charge on any atom is -0.365 e. The molecule has 1 unspecified atom stereocenters. The van der Waals surface area contributed by atoms with Gasteiger partial charge >= 0.3 is 0 Å². The first-order valence-electron chi connectivity index (χ1n) is 5.04. The fourth-order valence-electron chi connectivity index (χ4n) is 1.27. The second kappa shape index (κ2) is 6.44. The fraction of sp³-hybridized carbons (Fsp3) is 1.00. The highest BCUT2D eigenvalue weighted by molar-refractivity contribution is 4.64. The summed E-state index contributed by atoms with van der Waals surface area (Å²) in [6.07, 6.45) is 4.87. The quantitative estimate of drug-likeness (QED) is 0.475. The molecule has 0 aromatic carbocycles. The largest absolute Gasteiger partial charge is 0.365 e. The molecule has 0 aromatic rings. The molecule has 0 aliphatic carbocycles. The first kappa shape index (κ1) is 11.9. The summed E-state index contributed by atoms with van der Waals surface area (Å²) < 4.78 is 5.28. The predicted octanol–water partition coefficient (Wildman–Crippen LogP) is 2.70. The van der Waals surface area contributed by atoms with E-state index in [1.165, 1.54) is 12.8 Å². The number of ether oxygens (including phenoxy) is 1. The Labute approximate surface area is 75.9 Å². The molecule has 2 nitrogen and oxygen atoms in total. The Morgan fingerprint density at radius 2 is 1.83 bits per heavy atom. The van der Waals surface area contributed by atoms with Crippen molar-refractivity contribution in [2.45, 2.75) is 58.7 Å². The minimum atomic E-state index is -0.857. The second-order valence-electron chi connectivity index (χ2n) is 3.19. The summed E-state index contributed by atoms with van der Waals surface area (Å²) in [6, 6.07) is 0. The zero-order valence-electron chi connectivity index (χ0n) is 8.60. The fourth-order valence-corrected chi connectivity index (χ4v) is 1.27. The van der Waals surface area contributed by atoms with Gasteiger partial charge in [-0.15, -0.1) is 0 Å². The van der Waals surface area contributed by atoms with Crippen LogP contribution in [0.25, 0.3) is 0 Å². The Kier molecular flexibility index (Phi) is 6.39. The molecule has 0 bridgehead atoms. The van der Waals surface area contributed by atoms with Crippen LogP contribution in [0.15, 0.2) is 0 Å². The third-order valence-electron chi connectivity index (χ3n) is 2.14. The number of rotatable bonds is 7. The van der Waals surface area contributed by atoms with Crippen molar-refractivity contribution in [2.24, 2.45) is 0 Å². The van der Waals surface area contributed by atoms with Gasteiger partial charge in [0, 0.05) is 13.0 Å². The summed E-state index contributed by atoms with van der Waals surface area (Å²) in [5, 5.41) is 9.82. The Balaban J connectivity index is 3.63.